The SMILES string of the molecule is O=C(c1cnn(-c2ccccc2)c1)N(Cc1ccc(Cl)cc1)C1CC1. The minimum Gasteiger partial charge on any atom is -0.331 e. The maximum absolute atomic E-state index is 13.0. The molecule has 2 aromatic carbocycles. The molecule has 1 aliphatic rings. The Labute approximate surface area is 151 Å². The fourth-order valence-corrected chi connectivity index (χ4v) is 2.99. The summed E-state index contributed by atoms with van der Waals surface area (Å²) < 4.78 is 1.74. The number of halogens is 1. The van der Waals surface area contributed by atoms with Gasteiger partial charge in [0.15, 0.2) is 0 Å². The van der Waals surface area contributed by atoms with Crippen LogP contribution in [0.4, 0.5) is 0 Å². The molecule has 0 aliphatic heterocycles. The van der Waals surface area contributed by atoms with Crippen LogP contribution in [0.25, 0.3) is 5.69 Å². The summed E-state index contributed by atoms with van der Waals surface area (Å²) in [7, 11) is 0. The molecule has 0 radical (unpaired) electrons. The highest BCUT2D eigenvalue weighted by Crippen LogP contribution is 2.30. The number of aromatic nitrogens is 2. The average molecular weight is 352 g/mol. The summed E-state index contributed by atoms with van der Waals surface area (Å²) in [6, 6.07) is 17.8. The first kappa shape index (κ1) is 15.9. The van der Waals surface area contributed by atoms with Gasteiger partial charge in [0.1, 0.15) is 0 Å². The Morgan fingerprint density at radius 1 is 1.12 bits per heavy atom. The van der Waals surface area contributed by atoms with Crippen LogP contribution in [0, 0.1) is 0 Å². The average Bonchev–Trinajstić information content (AvgIpc) is 3.37. The molecule has 1 heterocycles. The Balaban J connectivity index is 1.55. The van der Waals surface area contributed by atoms with Gasteiger partial charge in [-0.2, -0.15) is 5.10 Å². The fraction of sp³-hybridized carbons (Fsp3) is 0.200. The van der Waals surface area contributed by atoms with Crippen molar-refractivity contribution in [3.63, 3.8) is 0 Å². The number of nitrogens with zero attached hydrogens (tertiary/aromatic N) is 3. The topological polar surface area (TPSA) is 38.1 Å². The normalized spacial score (nSPS) is 13.6. The third-order valence-corrected chi connectivity index (χ3v) is 4.62. The van der Waals surface area contributed by atoms with Crippen LogP contribution in [0.2, 0.25) is 5.02 Å². The van der Waals surface area contributed by atoms with E-state index in [0.29, 0.717) is 23.2 Å². The molecular formula is C20H18ClN3O. The summed E-state index contributed by atoms with van der Waals surface area (Å²) in [5, 5.41) is 5.05. The standard InChI is InChI=1S/C20H18ClN3O/c21-17-8-6-15(7-9-17)13-23(18-10-11-18)20(25)16-12-22-24(14-16)19-4-2-1-3-5-19/h1-9,12,14,18H,10-11,13H2. The van der Waals surface area contributed by atoms with Gasteiger partial charge in [-0.15, -0.1) is 0 Å². The monoisotopic (exact) mass is 351 g/mol. The minimum atomic E-state index is 0.0274. The zero-order valence-corrected chi connectivity index (χ0v) is 14.4. The van der Waals surface area contributed by atoms with Crippen LogP contribution < -0.4 is 0 Å². The maximum Gasteiger partial charge on any atom is 0.257 e. The molecule has 4 rings (SSSR count). The van der Waals surface area contributed by atoms with Gasteiger partial charge in [0.05, 0.1) is 17.4 Å². The Bertz CT molecular complexity index is 869. The van der Waals surface area contributed by atoms with Gasteiger partial charge >= 0.3 is 0 Å². The third kappa shape index (κ3) is 3.59. The molecule has 1 fully saturated rings. The van der Waals surface area contributed by atoms with Crippen molar-refractivity contribution in [1.29, 1.82) is 0 Å². The number of amides is 1. The number of hydrogen-bond acceptors (Lipinski definition) is 2. The van der Waals surface area contributed by atoms with Crippen molar-refractivity contribution in [2.24, 2.45) is 0 Å². The summed E-state index contributed by atoms with van der Waals surface area (Å²) in [6.07, 6.45) is 5.57. The molecule has 5 heteroatoms. The van der Waals surface area contributed by atoms with E-state index in [1.807, 2.05) is 59.5 Å². The molecule has 1 amide bonds. The highest BCUT2D eigenvalue weighted by molar-refractivity contribution is 6.30. The van der Waals surface area contributed by atoms with Gasteiger partial charge in [0, 0.05) is 23.8 Å². The van der Waals surface area contributed by atoms with E-state index in [4.69, 9.17) is 11.6 Å². The number of para-hydroxylation sites is 1. The lowest BCUT2D eigenvalue weighted by molar-refractivity contribution is 0.0730. The van der Waals surface area contributed by atoms with Gasteiger partial charge in [0.2, 0.25) is 0 Å². The van der Waals surface area contributed by atoms with E-state index in [1.165, 1.54) is 0 Å². The predicted molar refractivity (Wildman–Crippen MR) is 97.9 cm³/mol. The molecule has 0 unspecified atom stereocenters. The summed E-state index contributed by atoms with van der Waals surface area (Å²) in [5.41, 5.74) is 2.64. The Morgan fingerprint density at radius 2 is 1.84 bits per heavy atom. The second kappa shape index (κ2) is 6.73. The predicted octanol–water partition coefficient (Wildman–Crippen LogP) is 4.33. The third-order valence-electron chi connectivity index (χ3n) is 4.36. The number of benzene rings is 2. The Kier molecular flexibility index (Phi) is 4.28. The van der Waals surface area contributed by atoms with Crippen LogP contribution in [-0.2, 0) is 6.54 Å². The van der Waals surface area contributed by atoms with Crippen LogP contribution in [0.15, 0.2) is 67.0 Å². The highest BCUT2D eigenvalue weighted by Gasteiger charge is 2.33. The molecule has 126 valence electrons. The summed E-state index contributed by atoms with van der Waals surface area (Å²) in [6.45, 7) is 0.594. The van der Waals surface area contributed by atoms with Crippen LogP contribution in [0.3, 0.4) is 0 Å². The van der Waals surface area contributed by atoms with Gasteiger partial charge in [-0.1, -0.05) is 41.9 Å². The van der Waals surface area contributed by atoms with E-state index in [9.17, 15) is 4.79 Å². The summed E-state index contributed by atoms with van der Waals surface area (Å²) in [5.74, 6) is 0.0274. The van der Waals surface area contributed by atoms with Crippen LogP contribution in [0.5, 0.6) is 0 Å². The molecule has 1 saturated carbocycles. The highest BCUT2D eigenvalue weighted by atomic mass is 35.5. The first-order valence-electron chi connectivity index (χ1n) is 8.36. The van der Waals surface area contributed by atoms with Crippen LogP contribution >= 0.6 is 11.6 Å². The summed E-state index contributed by atoms with van der Waals surface area (Å²) in [4.78, 5) is 14.9. The largest absolute Gasteiger partial charge is 0.331 e. The zero-order valence-electron chi connectivity index (χ0n) is 13.7. The second-order valence-electron chi connectivity index (χ2n) is 6.30. The maximum atomic E-state index is 13.0. The van der Waals surface area contributed by atoms with Gasteiger partial charge in [-0.3, -0.25) is 4.79 Å². The molecule has 4 nitrogen and oxygen atoms in total. The van der Waals surface area contributed by atoms with Gasteiger partial charge in [-0.05, 0) is 42.7 Å². The zero-order chi connectivity index (χ0) is 17.2. The van der Waals surface area contributed by atoms with E-state index < -0.39 is 0 Å². The lowest BCUT2D eigenvalue weighted by Gasteiger charge is -2.22. The smallest absolute Gasteiger partial charge is 0.257 e. The van der Waals surface area contributed by atoms with E-state index in [2.05, 4.69) is 5.10 Å². The van der Waals surface area contributed by atoms with Gasteiger partial charge < -0.3 is 4.90 Å². The lowest BCUT2D eigenvalue weighted by Crippen LogP contribution is -2.32. The first-order valence-corrected chi connectivity index (χ1v) is 8.74. The summed E-state index contributed by atoms with van der Waals surface area (Å²) >= 11 is 5.95. The molecule has 0 bridgehead atoms. The van der Waals surface area contributed by atoms with Crippen molar-refractivity contribution in [2.75, 3.05) is 0 Å². The molecule has 0 N–H and O–H groups in total. The molecule has 3 aromatic rings. The molecular weight excluding hydrogens is 334 g/mol. The molecule has 1 aliphatic carbocycles. The van der Waals surface area contributed by atoms with Crippen molar-refractivity contribution in [2.45, 2.75) is 25.4 Å². The molecule has 0 atom stereocenters. The fourth-order valence-electron chi connectivity index (χ4n) is 2.86. The van der Waals surface area contributed by atoms with E-state index in [1.54, 1.807) is 17.1 Å². The number of hydrogen-bond donors (Lipinski definition) is 0. The van der Waals surface area contributed by atoms with E-state index in [-0.39, 0.29) is 5.91 Å². The quantitative estimate of drug-likeness (QED) is 0.686. The van der Waals surface area contributed by atoms with Crippen molar-refractivity contribution in [3.8, 4) is 5.69 Å². The van der Waals surface area contributed by atoms with Crippen LogP contribution in [-0.4, -0.2) is 26.6 Å². The molecule has 0 saturated heterocycles. The van der Waals surface area contributed by atoms with Crippen LogP contribution in [0.1, 0.15) is 28.8 Å². The lowest BCUT2D eigenvalue weighted by atomic mass is 10.2. The van der Waals surface area contributed by atoms with Gasteiger partial charge in [0.25, 0.3) is 5.91 Å². The Hall–Kier alpha value is -2.59. The van der Waals surface area contributed by atoms with E-state index in [0.717, 1.165) is 24.1 Å². The molecule has 0 spiro atoms. The van der Waals surface area contributed by atoms with E-state index >= 15 is 0 Å². The van der Waals surface area contributed by atoms with Gasteiger partial charge in [-0.25, -0.2) is 4.68 Å². The number of carbonyl (C=O) groups excluding carboxylic acids is 1. The van der Waals surface area contributed by atoms with Crippen molar-refractivity contribution < 1.29 is 4.79 Å². The Morgan fingerprint density at radius 3 is 2.52 bits per heavy atom. The van der Waals surface area contributed by atoms with Crippen molar-refractivity contribution >= 4 is 17.5 Å². The number of rotatable bonds is 5. The van der Waals surface area contributed by atoms with Crippen molar-refractivity contribution in [1.82, 2.24) is 14.7 Å². The van der Waals surface area contributed by atoms with Crippen molar-refractivity contribution in [3.05, 3.63) is 83.1 Å². The number of carbonyl (C=O) groups is 1. The second-order valence-corrected chi connectivity index (χ2v) is 6.74. The first-order chi connectivity index (χ1) is 12.2. The minimum absolute atomic E-state index is 0.0274. The molecule has 1 aromatic heterocycles. The molecule has 25 heavy (non-hydrogen) atoms.